The van der Waals surface area contributed by atoms with Gasteiger partial charge < -0.3 is 9.88 Å². The maximum Gasteiger partial charge on any atom is 0.274 e. The van der Waals surface area contributed by atoms with Gasteiger partial charge >= 0.3 is 0 Å². The first kappa shape index (κ1) is 13.6. The summed E-state index contributed by atoms with van der Waals surface area (Å²) in [6.07, 6.45) is 3.91. The van der Waals surface area contributed by atoms with Gasteiger partial charge in [-0.2, -0.15) is 0 Å². The number of nitrogens with one attached hydrogen (secondary N) is 1. The molecule has 0 unspecified atom stereocenters. The van der Waals surface area contributed by atoms with Crippen LogP contribution in [0.2, 0.25) is 0 Å². The lowest BCUT2D eigenvalue weighted by Gasteiger charge is -2.08. The molecule has 1 amide bonds. The van der Waals surface area contributed by atoms with Crippen molar-refractivity contribution in [3.8, 4) is 5.69 Å². The second-order valence-corrected chi connectivity index (χ2v) is 5.25. The number of halogens is 1. The maximum atomic E-state index is 12.2. The average Bonchev–Trinajstić information content (AvgIpc) is 3.02. The molecule has 2 aromatic heterocycles. The van der Waals surface area contributed by atoms with Gasteiger partial charge in [-0.15, -0.1) is 0 Å². The molecule has 0 atom stereocenters. The van der Waals surface area contributed by atoms with Gasteiger partial charge in [0.15, 0.2) is 0 Å². The van der Waals surface area contributed by atoms with Crippen molar-refractivity contribution < 1.29 is 4.79 Å². The van der Waals surface area contributed by atoms with E-state index in [-0.39, 0.29) is 5.91 Å². The van der Waals surface area contributed by atoms with E-state index >= 15 is 0 Å². The highest BCUT2D eigenvalue weighted by Gasteiger charge is 2.08. The van der Waals surface area contributed by atoms with Crippen LogP contribution in [0.3, 0.4) is 0 Å². The monoisotopic (exact) mass is 341 g/mol. The normalized spacial score (nSPS) is 10.3. The Morgan fingerprint density at radius 3 is 2.57 bits per heavy atom. The predicted molar refractivity (Wildman–Crippen MR) is 85.7 cm³/mol. The molecule has 3 rings (SSSR count). The molecule has 0 spiro atoms. The minimum Gasteiger partial charge on any atom is -0.324 e. The number of hydrogen-bond acceptors (Lipinski definition) is 2. The van der Waals surface area contributed by atoms with Crippen LogP contribution in [-0.4, -0.2) is 15.5 Å². The molecule has 5 heteroatoms. The van der Waals surface area contributed by atoms with Gasteiger partial charge in [-0.1, -0.05) is 12.1 Å². The van der Waals surface area contributed by atoms with Crippen molar-refractivity contribution in [2.75, 3.05) is 5.32 Å². The van der Waals surface area contributed by atoms with E-state index in [2.05, 4.69) is 26.2 Å². The first-order chi connectivity index (χ1) is 10.2. The van der Waals surface area contributed by atoms with Gasteiger partial charge in [0.2, 0.25) is 0 Å². The number of hydrogen-bond donors (Lipinski definition) is 1. The number of pyridine rings is 1. The number of anilines is 1. The van der Waals surface area contributed by atoms with E-state index in [1.165, 1.54) is 0 Å². The molecule has 104 valence electrons. The van der Waals surface area contributed by atoms with E-state index in [1.54, 1.807) is 18.2 Å². The number of carbonyl (C=O) groups is 1. The second kappa shape index (κ2) is 5.93. The van der Waals surface area contributed by atoms with Gasteiger partial charge in [-0.3, -0.25) is 4.79 Å². The fourth-order valence-corrected chi connectivity index (χ4v) is 2.32. The summed E-state index contributed by atoms with van der Waals surface area (Å²) < 4.78 is 2.61. The number of rotatable bonds is 3. The summed E-state index contributed by atoms with van der Waals surface area (Å²) in [4.78, 5) is 16.3. The van der Waals surface area contributed by atoms with Crippen LogP contribution in [0, 0.1) is 0 Å². The summed E-state index contributed by atoms with van der Waals surface area (Å²) in [6, 6.07) is 16.8. The van der Waals surface area contributed by atoms with E-state index in [9.17, 15) is 4.79 Å². The van der Waals surface area contributed by atoms with Crippen molar-refractivity contribution >= 4 is 27.5 Å². The zero-order valence-electron chi connectivity index (χ0n) is 11.0. The summed E-state index contributed by atoms with van der Waals surface area (Å²) in [7, 11) is 0. The Kier molecular flexibility index (Phi) is 3.83. The molecule has 2 heterocycles. The molecule has 0 fully saturated rings. The standard InChI is InChI=1S/C16H12BrN3O/c17-15-8-4-7-14(19-15)16(21)18-12-5-3-6-13(11-12)20-9-1-2-10-20/h1-11H,(H,18,21). The minimum absolute atomic E-state index is 0.235. The highest BCUT2D eigenvalue weighted by molar-refractivity contribution is 9.10. The number of amides is 1. The zero-order chi connectivity index (χ0) is 14.7. The fourth-order valence-electron chi connectivity index (χ4n) is 1.98. The van der Waals surface area contributed by atoms with Crippen LogP contribution in [0.1, 0.15) is 10.5 Å². The molecule has 0 aliphatic carbocycles. The third kappa shape index (κ3) is 3.20. The van der Waals surface area contributed by atoms with E-state index in [4.69, 9.17) is 0 Å². The quantitative estimate of drug-likeness (QED) is 0.734. The van der Waals surface area contributed by atoms with E-state index in [0.717, 1.165) is 11.4 Å². The average molecular weight is 342 g/mol. The smallest absolute Gasteiger partial charge is 0.274 e. The Labute approximate surface area is 130 Å². The van der Waals surface area contributed by atoms with Crippen LogP contribution >= 0.6 is 15.9 Å². The van der Waals surface area contributed by atoms with Crippen LogP contribution < -0.4 is 5.32 Å². The largest absolute Gasteiger partial charge is 0.324 e. The van der Waals surface area contributed by atoms with Crippen molar-refractivity contribution in [2.45, 2.75) is 0 Å². The molecule has 1 N–H and O–H groups in total. The maximum absolute atomic E-state index is 12.2. The second-order valence-electron chi connectivity index (χ2n) is 4.44. The van der Waals surface area contributed by atoms with Crippen LogP contribution in [-0.2, 0) is 0 Å². The van der Waals surface area contributed by atoms with Crippen molar-refractivity contribution in [2.24, 2.45) is 0 Å². The van der Waals surface area contributed by atoms with Gasteiger partial charge in [0, 0.05) is 23.8 Å². The summed E-state index contributed by atoms with van der Waals surface area (Å²) in [6.45, 7) is 0. The summed E-state index contributed by atoms with van der Waals surface area (Å²) in [5, 5.41) is 2.85. The highest BCUT2D eigenvalue weighted by Crippen LogP contribution is 2.16. The molecule has 21 heavy (non-hydrogen) atoms. The molecule has 0 saturated heterocycles. The van der Waals surface area contributed by atoms with Crippen molar-refractivity contribution in [1.29, 1.82) is 0 Å². The number of carbonyl (C=O) groups excluding carboxylic acids is 1. The van der Waals surface area contributed by atoms with Crippen LogP contribution in [0.4, 0.5) is 5.69 Å². The van der Waals surface area contributed by atoms with Crippen molar-refractivity contribution in [1.82, 2.24) is 9.55 Å². The molecule has 0 saturated carbocycles. The molecule has 3 aromatic rings. The molecule has 1 aromatic carbocycles. The first-order valence-corrected chi connectivity index (χ1v) is 7.19. The molecule has 0 aliphatic rings. The third-order valence-corrected chi connectivity index (χ3v) is 3.40. The van der Waals surface area contributed by atoms with Crippen molar-refractivity contribution in [3.63, 3.8) is 0 Å². The Morgan fingerprint density at radius 2 is 1.81 bits per heavy atom. The Hall–Kier alpha value is -2.40. The number of nitrogens with zero attached hydrogens (tertiary/aromatic N) is 2. The lowest BCUT2D eigenvalue weighted by molar-refractivity contribution is 0.102. The molecular formula is C16H12BrN3O. The Balaban J connectivity index is 1.82. The Bertz CT molecular complexity index is 769. The SMILES string of the molecule is O=C(Nc1cccc(-n2cccc2)c1)c1cccc(Br)n1. The zero-order valence-corrected chi connectivity index (χ0v) is 12.6. The van der Waals surface area contributed by atoms with Gasteiger partial charge in [0.1, 0.15) is 10.3 Å². The van der Waals surface area contributed by atoms with Crippen LogP contribution in [0.5, 0.6) is 0 Å². The molecule has 4 nitrogen and oxygen atoms in total. The van der Waals surface area contributed by atoms with Crippen LogP contribution in [0.25, 0.3) is 5.69 Å². The van der Waals surface area contributed by atoms with Gasteiger partial charge in [0.25, 0.3) is 5.91 Å². The fraction of sp³-hybridized carbons (Fsp3) is 0. The van der Waals surface area contributed by atoms with E-state index < -0.39 is 0 Å². The number of benzene rings is 1. The highest BCUT2D eigenvalue weighted by atomic mass is 79.9. The molecule has 0 bridgehead atoms. The lowest BCUT2D eigenvalue weighted by Crippen LogP contribution is -2.13. The topological polar surface area (TPSA) is 46.9 Å². The van der Waals surface area contributed by atoms with Crippen LogP contribution in [0.15, 0.2) is 71.6 Å². The first-order valence-electron chi connectivity index (χ1n) is 6.40. The summed E-state index contributed by atoms with van der Waals surface area (Å²) in [5.41, 5.74) is 2.09. The van der Waals surface area contributed by atoms with Gasteiger partial charge in [-0.05, 0) is 58.4 Å². The van der Waals surface area contributed by atoms with Gasteiger partial charge in [0.05, 0.1) is 0 Å². The van der Waals surface area contributed by atoms with E-state index in [1.807, 2.05) is 53.4 Å². The van der Waals surface area contributed by atoms with Crippen molar-refractivity contribution in [3.05, 3.63) is 77.3 Å². The minimum atomic E-state index is -0.235. The predicted octanol–water partition coefficient (Wildman–Crippen LogP) is 3.89. The third-order valence-electron chi connectivity index (χ3n) is 2.95. The summed E-state index contributed by atoms with van der Waals surface area (Å²) in [5.74, 6) is -0.235. The van der Waals surface area contributed by atoms with E-state index in [0.29, 0.717) is 10.3 Å². The number of aromatic nitrogens is 2. The van der Waals surface area contributed by atoms with Gasteiger partial charge in [-0.25, -0.2) is 4.98 Å². The summed E-state index contributed by atoms with van der Waals surface area (Å²) >= 11 is 3.26. The lowest BCUT2D eigenvalue weighted by atomic mass is 10.2. The molecule has 0 aliphatic heterocycles. The molecular weight excluding hydrogens is 330 g/mol. The Morgan fingerprint density at radius 1 is 1.05 bits per heavy atom. The molecule has 0 radical (unpaired) electrons.